The molecule has 0 amide bonds. The van der Waals surface area contributed by atoms with Crippen molar-refractivity contribution in [2.45, 2.75) is 66.2 Å². The monoisotopic (exact) mass is 1050 g/mol. The minimum atomic E-state index is -0.588. The molecule has 10 rings (SSSR count). The molecule has 3 aliphatic rings. The maximum atomic E-state index is 12.3. The number of methoxy groups -OCH3 is 1. The van der Waals surface area contributed by atoms with E-state index < -0.39 is 17.9 Å². The van der Waals surface area contributed by atoms with Crippen molar-refractivity contribution in [3.8, 4) is 5.75 Å². The van der Waals surface area contributed by atoms with E-state index in [0.717, 1.165) is 95.0 Å². The summed E-state index contributed by atoms with van der Waals surface area (Å²) in [5, 5.41) is 6.81. The first kappa shape index (κ1) is 51.0. The van der Waals surface area contributed by atoms with Crippen molar-refractivity contribution in [3.05, 3.63) is 93.1 Å². The van der Waals surface area contributed by atoms with Crippen LogP contribution in [0.3, 0.4) is 0 Å². The number of H-pyrrole nitrogens is 1. The zero-order valence-electron chi connectivity index (χ0n) is 39.7. The summed E-state index contributed by atoms with van der Waals surface area (Å²) in [6.07, 6.45) is 2.71. The summed E-state index contributed by atoms with van der Waals surface area (Å²) in [5.41, 5.74) is 4.30. The molecule has 6 aromatic heterocycles. The Morgan fingerprint density at radius 3 is 1.69 bits per heavy atom. The van der Waals surface area contributed by atoms with Crippen LogP contribution in [-0.2, 0) is 59.7 Å². The number of benzene rings is 1. The van der Waals surface area contributed by atoms with Crippen molar-refractivity contribution in [2.24, 2.45) is 0 Å². The van der Waals surface area contributed by atoms with Gasteiger partial charge in [0.2, 0.25) is 17.5 Å². The summed E-state index contributed by atoms with van der Waals surface area (Å²) in [6.45, 7) is 12.1. The SMILES string of the molecule is CCOC(=O)c1nc(Cl)c2c3c(sc2n1)CN(C)CC3.CCOC(=O)c1nc(NCc2ccc(OC)c(Cl)c2)c2c3c(sc2n1)CN(C)CC3.CCOC(=O)c1nc2sc3c(c2c(=O)[nH]1)CCN(C)C3. The van der Waals surface area contributed by atoms with E-state index in [1.807, 2.05) is 18.2 Å². The number of esters is 3. The number of halogens is 2. The molecule has 23 heteroatoms. The maximum Gasteiger partial charge on any atom is 0.376 e. The van der Waals surface area contributed by atoms with Gasteiger partial charge in [-0.3, -0.25) is 4.79 Å². The number of likely N-dealkylation sites (N-methyl/N-ethyl adjacent to an activating group) is 3. The summed E-state index contributed by atoms with van der Waals surface area (Å²) >= 11 is 17.2. The summed E-state index contributed by atoms with van der Waals surface area (Å²) in [5.74, 6) is -0.255. The Bertz CT molecular complexity index is 3180. The topological polar surface area (TPSA) is 207 Å². The molecule has 70 heavy (non-hydrogen) atoms. The van der Waals surface area contributed by atoms with Crippen molar-refractivity contribution >= 4 is 112 Å². The maximum absolute atomic E-state index is 12.3. The summed E-state index contributed by atoms with van der Waals surface area (Å²) < 4.78 is 20.1. The number of nitrogens with one attached hydrogen (secondary N) is 2. The van der Waals surface area contributed by atoms with Gasteiger partial charge in [-0.05, 0) is 95.6 Å². The molecule has 0 aliphatic carbocycles. The van der Waals surface area contributed by atoms with Crippen molar-refractivity contribution in [2.75, 3.05) is 73.0 Å². The first-order valence-electron chi connectivity index (χ1n) is 22.7. The number of carbonyl (C=O) groups excluding carboxylic acids is 3. The molecule has 0 radical (unpaired) electrons. The number of thiophene rings is 3. The number of hydrogen-bond donors (Lipinski definition) is 2. The van der Waals surface area contributed by atoms with Crippen molar-refractivity contribution in [1.29, 1.82) is 0 Å². The second kappa shape index (κ2) is 22.4. The van der Waals surface area contributed by atoms with Crippen LogP contribution in [0.25, 0.3) is 30.6 Å². The van der Waals surface area contributed by atoms with Crippen LogP contribution in [-0.4, -0.2) is 130 Å². The van der Waals surface area contributed by atoms with Crippen LogP contribution in [0.1, 0.15) is 89.5 Å². The van der Waals surface area contributed by atoms with Crippen molar-refractivity contribution in [1.82, 2.24) is 44.6 Å². The molecular weight excluding hydrogens is 1000 g/mol. The molecule has 1 aromatic carbocycles. The number of aromatic amines is 1. The number of carbonyl (C=O) groups is 3. The number of ether oxygens (including phenoxy) is 4. The van der Waals surface area contributed by atoms with E-state index in [1.54, 1.807) is 50.6 Å². The van der Waals surface area contributed by atoms with Gasteiger partial charge < -0.3 is 43.9 Å². The molecule has 0 bridgehead atoms. The highest BCUT2D eigenvalue weighted by Crippen LogP contribution is 2.39. The lowest BCUT2D eigenvalue weighted by atomic mass is 10.1. The second-order valence-corrected chi connectivity index (χ2v) is 20.7. The average molecular weight is 1050 g/mol. The molecule has 7 aromatic rings. The fraction of sp³-hybridized carbons (Fsp3) is 0.426. The lowest BCUT2D eigenvalue weighted by molar-refractivity contribution is 0.0503. The minimum Gasteiger partial charge on any atom is -0.495 e. The molecule has 0 spiro atoms. The van der Waals surface area contributed by atoms with Gasteiger partial charge in [0.15, 0.2) is 0 Å². The van der Waals surface area contributed by atoms with E-state index in [9.17, 15) is 19.2 Å². The van der Waals surface area contributed by atoms with Gasteiger partial charge in [-0.2, -0.15) is 0 Å². The van der Waals surface area contributed by atoms with Crippen LogP contribution in [0.15, 0.2) is 23.0 Å². The number of nitrogens with zero attached hydrogens (tertiary/aromatic N) is 8. The van der Waals surface area contributed by atoms with E-state index in [-0.39, 0.29) is 36.2 Å². The average Bonchev–Trinajstić information content (AvgIpc) is 4.01. The van der Waals surface area contributed by atoms with Crippen molar-refractivity contribution < 1.29 is 33.3 Å². The molecule has 2 N–H and O–H groups in total. The number of rotatable bonds is 10. The Balaban J connectivity index is 0.000000146. The lowest BCUT2D eigenvalue weighted by Crippen LogP contribution is -2.26. The zero-order valence-corrected chi connectivity index (χ0v) is 43.7. The normalized spacial score (nSPS) is 14.7. The third-order valence-electron chi connectivity index (χ3n) is 11.7. The fourth-order valence-corrected chi connectivity index (χ4v) is 12.9. The molecule has 0 fully saturated rings. The van der Waals surface area contributed by atoms with Crippen LogP contribution in [0.4, 0.5) is 5.82 Å². The van der Waals surface area contributed by atoms with E-state index in [2.05, 4.69) is 71.1 Å². The fourth-order valence-electron chi connectivity index (χ4n) is 8.33. The first-order valence-corrected chi connectivity index (χ1v) is 25.9. The Kier molecular flexibility index (Phi) is 16.3. The standard InChI is InChI=1S/C21H23ClN4O3S.C13H14ClN3O2S.C13H15N3O3S/c1-4-29-21(27)19-24-18(23-10-12-5-6-15(28-3)14(22)9-12)17-13-7-8-26(2)11-16(13)30-20(17)25-19;1-3-19-13(18)11-15-10(14)9-7-4-5-17(2)6-8(7)20-12(9)16-11;1-3-19-13(18)10-14-11(17)9-7-4-5-16(2)6-8(7)20-12(9)15-10/h5-6,9H,4,7-8,10-11H2,1-3H3,(H,23,24,25);3-6H2,1-2H3;3-6H2,1-2H3,(H,14,15,17). The van der Waals surface area contributed by atoms with Gasteiger partial charge in [-0.15, -0.1) is 34.0 Å². The summed E-state index contributed by atoms with van der Waals surface area (Å²) in [4.78, 5) is 84.8. The predicted molar refractivity (Wildman–Crippen MR) is 273 cm³/mol. The molecular formula is C47H52Cl2N10O8S3. The zero-order chi connectivity index (χ0) is 49.8. The van der Waals surface area contributed by atoms with Crippen LogP contribution < -0.4 is 15.6 Å². The Hall–Kier alpha value is -5.39. The highest BCUT2D eigenvalue weighted by Gasteiger charge is 2.27. The second-order valence-electron chi connectivity index (χ2n) is 16.6. The first-order chi connectivity index (χ1) is 33.7. The predicted octanol–water partition coefficient (Wildman–Crippen LogP) is 7.79. The third kappa shape index (κ3) is 11.1. The molecule has 3 aliphatic heterocycles. The smallest absolute Gasteiger partial charge is 0.376 e. The number of fused-ring (bicyclic) bond motifs is 9. The lowest BCUT2D eigenvalue weighted by Gasteiger charge is -2.22. The highest BCUT2D eigenvalue weighted by molar-refractivity contribution is 7.19. The Labute approximate surface area is 425 Å². The molecule has 0 atom stereocenters. The molecule has 18 nitrogen and oxygen atoms in total. The summed E-state index contributed by atoms with van der Waals surface area (Å²) in [6, 6.07) is 5.64. The van der Waals surface area contributed by atoms with E-state index in [4.69, 9.17) is 42.1 Å². The third-order valence-corrected chi connectivity index (χ3v) is 15.6. The van der Waals surface area contributed by atoms with Crippen LogP contribution in [0, 0.1) is 0 Å². The van der Waals surface area contributed by atoms with Crippen LogP contribution in [0.5, 0.6) is 5.75 Å². The van der Waals surface area contributed by atoms with Gasteiger partial charge in [0, 0.05) is 60.4 Å². The Morgan fingerprint density at radius 2 is 1.16 bits per heavy atom. The number of aromatic nitrogens is 6. The van der Waals surface area contributed by atoms with E-state index in [0.29, 0.717) is 45.1 Å². The van der Waals surface area contributed by atoms with Gasteiger partial charge in [-0.25, -0.2) is 39.3 Å². The molecule has 9 heterocycles. The Morgan fingerprint density at radius 1 is 0.671 bits per heavy atom. The van der Waals surface area contributed by atoms with Crippen LogP contribution >= 0.6 is 57.2 Å². The number of anilines is 1. The molecule has 0 unspecified atom stereocenters. The largest absolute Gasteiger partial charge is 0.495 e. The van der Waals surface area contributed by atoms with Gasteiger partial charge in [0.25, 0.3) is 5.56 Å². The molecule has 0 saturated heterocycles. The van der Waals surface area contributed by atoms with Gasteiger partial charge in [0.05, 0.1) is 48.1 Å². The molecule has 370 valence electrons. The van der Waals surface area contributed by atoms with Gasteiger partial charge >= 0.3 is 17.9 Å². The highest BCUT2D eigenvalue weighted by atomic mass is 35.5. The van der Waals surface area contributed by atoms with Crippen molar-refractivity contribution in [3.63, 3.8) is 0 Å². The van der Waals surface area contributed by atoms with Gasteiger partial charge in [0.1, 0.15) is 31.2 Å². The van der Waals surface area contributed by atoms with E-state index >= 15 is 0 Å². The van der Waals surface area contributed by atoms with Crippen LogP contribution in [0.2, 0.25) is 10.2 Å². The van der Waals surface area contributed by atoms with E-state index in [1.165, 1.54) is 32.2 Å². The molecule has 0 saturated carbocycles. The summed E-state index contributed by atoms with van der Waals surface area (Å²) in [7, 11) is 7.83. The minimum absolute atomic E-state index is 0.0173. The van der Waals surface area contributed by atoms with Gasteiger partial charge in [-0.1, -0.05) is 29.3 Å². The number of hydrogen-bond acceptors (Lipinski definition) is 20. The quantitative estimate of drug-likeness (QED) is 0.0761.